The second kappa shape index (κ2) is 6.19. The number of aromatic nitrogens is 3. The van der Waals surface area contributed by atoms with Gasteiger partial charge in [0.15, 0.2) is 0 Å². The fraction of sp³-hybridized carbons (Fsp3) is 0.500. The zero-order chi connectivity index (χ0) is 16.6. The quantitative estimate of drug-likeness (QED) is 0.935. The maximum atomic E-state index is 13.1. The van der Waals surface area contributed by atoms with Crippen LogP contribution in [0.15, 0.2) is 24.4 Å². The second-order valence-electron chi connectivity index (χ2n) is 6.84. The maximum absolute atomic E-state index is 13.1. The highest BCUT2D eigenvalue weighted by atomic mass is 35.5. The molecule has 1 aliphatic rings. The molecule has 2 aromatic rings. The van der Waals surface area contributed by atoms with Crippen molar-refractivity contribution in [3.05, 3.63) is 40.9 Å². The Labute approximate surface area is 140 Å². The molecule has 0 radical (unpaired) electrons. The Morgan fingerprint density at radius 1 is 1.43 bits per heavy atom. The highest BCUT2D eigenvalue weighted by Gasteiger charge is 2.33. The lowest BCUT2D eigenvalue weighted by Crippen LogP contribution is -2.52. The molecule has 0 saturated carbocycles. The molecule has 1 aromatic carbocycles. The van der Waals surface area contributed by atoms with Gasteiger partial charge in [0, 0.05) is 25.7 Å². The highest BCUT2D eigenvalue weighted by Crippen LogP contribution is 2.28. The van der Waals surface area contributed by atoms with Crippen LogP contribution in [-0.4, -0.2) is 39.0 Å². The first kappa shape index (κ1) is 16.4. The highest BCUT2D eigenvalue weighted by molar-refractivity contribution is 6.32. The van der Waals surface area contributed by atoms with E-state index in [0.717, 1.165) is 31.7 Å². The normalized spacial score (nSPS) is 21.5. The van der Waals surface area contributed by atoms with E-state index in [2.05, 4.69) is 29.1 Å². The predicted octanol–water partition coefficient (Wildman–Crippen LogP) is 2.62. The van der Waals surface area contributed by atoms with Crippen LogP contribution in [0.25, 0.3) is 5.69 Å². The number of hydrogen-bond donors (Lipinski definition) is 1. The Kier molecular flexibility index (Phi) is 4.40. The predicted molar refractivity (Wildman–Crippen MR) is 88.0 cm³/mol. The summed E-state index contributed by atoms with van der Waals surface area (Å²) in [6, 6.07) is 4.45. The van der Waals surface area contributed by atoms with Crippen LogP contribution in [0.2, 0.25) is 5.02 Å². The first-order valence-electron chi connectivity index (χ1n) is 7.70. The van der Waals surface area contributed by atoms with Crippen molar-refractivity contribution in [2.75, 3.05) is 13.1 Å². The number of hydrogen-bond acceptors (Lipinski definition) is 4. The first-order chi connectivity index (χ1) is 10.8. The summed E-state index contributed by atoms with van der Waals surface area (Å²) in [5.41, 5.74) is 7.74. The summed E-state index contributed by atoms with van der Waals surface area (Å²) in [6.07, 6.45) is 2.81. The minimum Gasteiger partial charge on any atom is -0.327 e. The van der Waals surface area contributed by atoms with Crippen LogP contribution >= 0.6 is 11.6 Å². The largest absolute Gasteiger partial charge is 0.327 e. The molecular formula is C16H21ClFN5. The molecule has 1 atom stereocenters. The van der Waals surface area contributed by atoms with Gasteiger partial charge in [0.05, 0.1) is 22.6 Å². The lowest BCUT2D eigenvalue weighted by Gasteiger charge is -2.42. The van der Waals surface area contributed by atoms with E-state index >= 15 is 0 Å². The van der Waals surface area contributed by atoms with Crippen LogP contribution in [0.3, 0.4) is 0 Å². The molecule has 124 valence electrons. The summed E-state index contributed by atoms with van der Waals surface area (Å²) >= 11 is 6.07. The molecule has 1 fully saturated rings. The number of rotatable bonds is 3. The SMILES string of the molecule is CC1(C)CN(Cc2cn(-c3ccc(F)cc3Cl)nn2)CCC1N. The number of likely N-dealkylation sites (tertiary alicyclic amines) is 1. The van der Waals surface area contributed by atoms with Crippen molar-refractivity contribution in [1.82, 2.24) is 19.9 Å². The van der Waals surface area contributed by atoms with Gasteiger partial charge in [-0.1, -0.05) is 30.7 Å². The Bertz CT molecular complexity index is 700. The molecule has 5 nitrogen and oxygen atoms in total. The van der Waals surface area contributed by atoms with Gasteiger partial charge in [0.1, 0.15) is 5.82 Å². The maximum Gasteiger partial charge on any atom is 0.124 e. The molecule has 1 unspecified atom stereocenters. The van der Waals surface area contributed by atoms with Gasteiger partial charge in [0.25, 0.3) is 0 Å². The molecular weight excluding hydrogens is 317 g/mol. The van der Waals surface area contributed by atoms with E-state index in [9.17, 15) is 4.39 Å². The molecule has 23 heavy (non-hydrogen) atoms. The Hall–Kier alpha value is -1.50. The van der Waals surface area contributed by atoms with Crippen molar-refractivity contribution < 1.29 is 4.39 Å². The van der Waals surface area contributed by atoms with Crippen LogP contribution in [0.4, 0.5) is 4.39 Å². The van der Waals surface area contributed by atoms with Gasteiger partial charge in [-0.2, -0.15) is 0 Å². The van der Waals surface area contributed by atoms with Gasteiger partial charge in [-0.15, -0.1) is 5.10 Å². The summed E-state index contributed by atoms with van der Waals surface area (Å²) < 4.78 is 14.7. The monoisotopic (exact) mass is 337 g/mol. The van der Waals surface area contributed by atoms with Gasteiger partial charge in [0.2, 0.25) is 0 Å². The fourth-order valence-corrected chi connectivity index (χ4v) is 3.26. The second-order valence-corrected chi connectivity index (χ2v) is 7.25. The zero-order valence-corrected chi connectivity index (χ0v) is 14.1. The summed E-state index contributed by atoms with van der Waals surface area (Å²) in [5.74, 6) is -0.369. The van der Waals surface area contributed by atoms with E-state index in [1.54, 1.807) is 10.7 Å². The van der Waals surface area contributed by atoms with E-state index in [1.807, 2.05) is 6.20 Å². The van der Waals surface area contributed by atoms with Gasteiger partial charge in [-0.25, -0.2) is 9.07 Å². The van der Waals surface area contributed by atoms with Crippen LogP contribution in [0.1, 0.15) is 26.0 Å². The summed E-state index contributed by atoms with van der Waals surface area (Å²) in [5, 5.41) is 8.62. The smallest absolute Gasteiger partial charge is 0.124 e. The molecule has 1 aromatic heterocycles. The standard InChI is InChI=1S/C16H21ClFN5/c1-16(2)10-22(6-5-15(16)19)8-12-9-23(21-20-12)14-4-3-11(18)7-13(14)17/h3-4,7,9,15H,5-6,8,10,19H2,1-2H3. The third-order valence-corrected chi connectivity index (χ3v) is 4.78. The third kappa shape index (κ3) is 3.54. The van der Waals surface area contributed by atoms with Gasteiger partial charge in [-0.05, 0) is 30.0 Å². The number of halogens is 2. The molecule has 1 saturated heterocycles. The minimum absolute atomic E-state index is 0.0918. The number of piperidine rings is 1. The van der Waals surface area contributed by atoms with Crippen LogP contribution in [0.5, 0.6) is 0 Å². The topological polar surface area (TPSA) is 60.0 Å². The Morgan fingerprint density at radius 2 is 2.22 bits per heavy atom. The molecule has 0 amide bonds. The first-order valence-corrected chi connectivity index (χ1v) is 8.07. The Balaban J connectivity index is 1.73. The summed E-state index contributed by atoms with van der Waals surface area (Å²) in [7, 11) is 0. The lowest BCUT2D eigenvalue weighted by atomic mass is 9.80. The fourth-order valence-electron chi connectivity index (χ4n) is 3.00. The van der Waals surface area contributed by atoms with Gasteiger partial charge >= 0.3 is 0 Å². The van der Waals surface area contributed by atoms with Crippen LogP contribution in [0, 0.1) is 11.2 Å². The van der Waals surface area contributed by atoms with Crippen molar-refractivity contribution in [2.24, 2.45) is 11.1 Å². The average Bonchev–Trinajstić information content (AvgIpc) is 2.91. The average molecular weight is 338 g/mol. The summed E-state index contributed by atoms with van der Waals surface area (Å²) in [4.78, 5) is 2.34. The van der Waals surface area contributed by atoms with E-state index in [4.69, 9.17) is 17.3 Å². The molecule has 0 bridgehead atoms. The van der Waals surface area contributed by atoms with Crippen LogP contribution < -0.4 is 5.73 Å². The summed E-state index contributed by atoms with van der Waals surface area (Å²) in [6.45, 7) is 6.99. The van der Waals surface area contributed by atoms with E-state index < -0.39 is 0 Å². The molecule has 3 rings (SSSR count). The third-order valence-electron chi connectivity index (χ3n) is 4.47. The van der Waals surface area contributed by atoms with Crippen molar-refractivity contribution in [3.63, 3.8) is 0 Å². The molecule has 2 N–H and O–H groups in total. The molecule has 2 heterocycles. The van der Waals surface area contributed by atoms with Gasteiger partial charge in [-0.3, -0.25) is 4.90 Å². The molecule has 7 heteroatoms. The molecule has 0 aliphatic carbocycles. The van der Waals surface area contributed by atoms with E-state index in [-0.39, 0.29) is 17.3 Å². The number of nitrogens with zero attached hydrogens (tertiary/aromatic N) is 4. The van der Waals surface area contributed by atoms with E-state index in [0.29, 0.717) is 10.7 Å². The van der Waals surface area contributed by atoms with E-state index in [1.165, 1.54) is 12.1 Å². The van der Waals surface area contributed by atoms with Crippen molar-refractivity contribution in [3.8, 4) is 5.69 Å². The lowest BCUT2D eigenvalue weighted by molar-refractivity contribution is 0.0889. The molecule has 0 spiro atoms. The Morgan fingerprint density at radius 3 is 2.91 bits per heavy atom. The number of nitrogens with two attached hydrogens (primary N) is 1. The minimum atomic E-state index is -0.369. The van der Waals surface area contributed by atoms with Gasteiger partial charge < -0.3 is 5.73 Å². The zero-order valence-electron chi connectivity index (χ0n) is 13.3. The van der Waals surface area contributed by atoms with Crippen molar-refractivity contribution in [2.45, 2.75) is 32.9 Å². The van der Waals surface area contributed by atoms with Crippen molar-refractivity contribution >= 4 is 11.6 Å². The van der Waals surface area contributed by atoms with Crippen LogP contribution in [-0.2, 0) is 6.54 Å². The van der Waals surface area contributed by atoms with Crippen molar-refractivity contribution in [1.29, 1.82) is 0 Å². The molecule has 1 aliphatic heterocycles. The number of benzene rings is 1.